The zero-order valence-corrected chi connectivity index (χ0v) is 27.1. The molecule has 7 N–H and O–H groups in total. The van der Waals surface area contributed by atoms with E-state index in [9.17, 15) is 51.3 Å². The van der Waals surface area contributed by atoms with Gasteiger partial charge in [-0.1, -0.05) is 24.3 Å². The quantitative estimate of drug-likeness (QED) is 0.0585. The highest BCUT2D eigenvalue weighted by Crippen LogP contribution is 2.50. The number of thioether (sulfide) groups is 1. The summed E-state index contributed by atoms with van der Waals surface area (Å²) in [6.07, 6.45) is 2.27. The molecule has 0 fully saturated rings. The molecule has 5 rings (SSSR count). The van der Waals surface area contributed by atoms with Crippen LogP contribution in [0.25, 0.3) is 0 Å². The van der Waals surface area contributed by atoms with Crippen LogP contribution in [0.15, 0.2) is 54.6 Å². The predicted octanol–water partition coefficient (Wildman–Crippen LogP) is 5.46. The van der Waals surface area contributed by atoms with E-state index in [2.05, 4.69) is 16.0 Å². The fourth-order valence-electron chi connectivity index (χ4n) is 5.41. The highest BCUT2D eigenvalue weighted by molar-refractivity contribution is 7.98. The van der Waals surface area contributed by atoms with E-state index in [1.807, 2.05) is 6.26 Å². The summed E-state index contributed by atoms with van der Waals surface area (Å²) < 4.78 is 75.8. The average Bonchev–Trinajstić information content (AvgIpc) is 3.09. The lowest BCUT2D eigenvalue weighted by Gasteiger charge is -2.30. The fraction of sp³-hybridized carbons (Fsp3) is 0.176. The molecule has 0 saturated heterocycles. The number of aromatic hydroxyl groups is 1. The molecule has 3 amide bonds. The second kappa shape index (κ2) is 15.1. The number of carbonyl (C=O) groups is 4. The molecule has 0 spiro atoms. The highest BCUT2D eigenvalue weighted by atomic mass is 32.2. The molecule has 0 bridgehead atoms. The van der Waals surface area contributed by atoms with Gasteiger partial charge in [0.05, 0.1) is 12.6 Å². The van der Waals surface area contributed by atoms with E-state index < -0.39 is 88.2 Å². The molecular weight excluding hydrogens is 703 g/mol. The molecule has 0 saturated carbocycles. The molecule has 4 aromatic carbocycles. The van der Waals surface area contributed by atoms with Gasteiger partial charge in [-0.25, -0.2) is 26.7 Å². The van der Waals surface area contributed by atoms with Gasteiger partial charge in [0.1, 0.15) is 28.4 Å². The Bertz CT molecular complexity index is 2050. The highest BCUT2D eigenvalue weighted by Gasteiger charge is 2.34. The third-order valence-electron chi connectivity index (χ3n) is 7.84. The van der Waals surface area contributed by atoms with Crippen LogP contribution in [-0.4, -0.2) is 58.5 Å². The molecule has 0 aliphatic carbocycles. The van der Waals surface area contributed by atoms with Crippen LogP contribution >= 0.6 is 11.8 Å². The Labute approximate surface area is 290 Å². The molecule has 51 heavy (non-hydrogen) atoms. The Balaban J connectivity index is 1.49. The minimum Gasteiger partial charge on any atom is -0.507 e. The van der Waals surface area contributed by atoms with Gasteiger partial charge < -0.3 is 36.6 Å². The monoisotopic (exact) mass is 730 g/mol. The molecule has 1 heterocycles. The average molecular weight is 731 g/mol. The zero-order chi connectivity index (χ0) is 37.1. The van der Waals surface area contributed by atoms with Crippen molar-refractivity contribution < 1.29 is 56.1 Å². The first-order valence-corrected chi connectivity index (χ1v) is 16.3. The summed E-state index contributed by atoms with van der Waals surface area (Å²) in [4.78, 5) is 49.9. The largest absolute Gasteiger partial charge is 0.507 e. The molecule has 1 aliphatic rings. The number of aromatic carboxylic acids is 1. The maximum absolute atomic E-state index is 14.3. The Morgan fingerprint density at radius 3 is 1.96 bits per heavy atom. The third-order valence-corrected chi connectivity index (χ3v) is 8.48. The molecule has 17 heteroatoms. The Kier molecular flexibility index (Phi) is 10.8. The second-order valence-electron chi connectivity index (χ2n) is 11.1. The molecule has 2 atom stereocenters. The molecule has 0 radical (unpaired) electrons. The molecule has 266 valence electrons. The van der Waals surface area contributed by atoms with Crippen molar-refractivity contribution in [1.82, 2.24) is 5.32 Å². The van der Waals surface area contributed by atoms with Crippen molar-refractivity contribution in [2.75, 3.05) is 29.2 Å². The number of phenols is 1. The summed E-state index contributed by atoms with van der Waals surface area (Å²) in [6.45, 7) is -0.410. The summed E-state index contributed by atoms with van der Waals surface area (Å²) in [5.74, 6) is -16.8. The Morgan fingerprint density at radius 1 is 0.824 bits per heavy atom. The third kappa shape index (κ3) is 7.44. The van der Waals surface area contributed by atoms with Crippen molar-refractivity contribution in [2.45, 2.75) is 18.4 Å². The number of ether oxygens (including phenoxy) is 1. The SMILES string of the molecule is CSCCC(N)C(=O)NCC(=O)Nc1ccc2c(c1)Oc1cc(NC(=O)c3c(F)c(F)c(F)c(F)c3F)ccc1C2c1cccc(O)c1C(=O)O. The van der Waals surface area contributed by atoms with Crippen molar-refractivity contribution in [3.8, 4) is 17.2 Å². The normalized spacial score (nSPS) is 13.7. The van der Waals surface area contributed by atoms with E-state index >= 15 is 0 Å². The lowest BCUT2D eigenvalue weighted by molar-refractivity contribution is -0.125. The summed E-state index contributed by atoms with van der Waals surface area (Å²) in [7, 11) is 0. The van der Waals surface area contributed by atoms with Crippen molar-refractivity contribution >= 4 is 46.8 Å². The van der Waals surface area contributed by atoms with Crippen LogP contribution < -0.4 is 26.4 Å². The minimum atomic E-state index is -2.44. The standard InChI is InChI=1S/C34H27F5N4O7S/c1-51-10-9-19(40)32(46)41-13-23(45)42-14-5-7-16-21(11-14)50-22-12-15(43-33(47)26-27(35)29(37)31(39)30(38)28(26)36)6-8-17(22)24(16)18-3-2-4-20(44)25(18)34(48)49/h2-8,11-12,19,24,44H,9-10,13,40H2,1H3,(H,41,46)(H,42,45)(H,43,47)(H,48,49). The number of nitrogens with two attached hydrogens (primary N) is 1. The van der Waals surface area contributed by atoms with Crippen LogP contribution in [0.5, 0.6) is 17.2 Å². The number of fused-ring (bicyclic) bond motifs is 2. The first-order chi connectivity index (χ1) is 24.2. The van der Waals surface area contributed by atoms with Gasteiger partial charge >= 0.3 is 5.97 Å². The molecule has 4 aromatic rings. The van der Waals surface area contributed by atoms with Gasteiger partial charge in [0, 0.05) is 40.6 Å². The number of carboxylic acid groups (broad SMARTS) is 1. The topological polar surface area (TPSA) is 180 Å². The van der Waals surface area contributed by atoms with Crippen molar-refractivity contribution in [3.63, 3.8) is 0 Å². The number of rotatable bonds is 11. The number of halogens is 5. The predicted molar refractivity (Wildman–Crippen MR) is 176 cm³/mol. The maximum Gasteiger partial charge on any atom is 0.339 e. The van der Waals surface area contributed by atoms with Crippen molar-refractivity contribution in [3.05, 3.63) is 112 Å². The first kappa shape index (κ1) is 36.6. The lowest BCUT2D eigenvalue weighted by atomic mass is 9.80. The van der Waals surface area contributed by atoms with E-state index in [1.165, 1.54) is 66.4 Å². The summed E-state index contributed by atoms with van der Waals surface area (Å²) >= 11 is 1.51. The molecule has 1 aliphatic heterocycles. The van der Waals surface area contributed by atoms with Crippen LogP contribution in [-0.2, 0) is 9.59 Å². The van der Waals surface area contributed by atoms with Gasteiger partial charge in [-0.05, 0) is 42.2 Å². The van der Waals surface area contributed by atoms with Crippen molar-refractivity contribution in [2.24, 2.45) is 5.73 Å². The number of amides is 3. The van der Waals surface area contributed by atoms with E-state index in [4.69, 9.17) is 10.5 Å². The van der Waals surface area contributed by atoms with Crippen molar-refractivity contribution in [1.29, 1.82) is 0 Å². The number of hydrogen-bond acceptors (Lipinski definition) is 8. The Morgan fingerprint density at radius 2 is 1.39 bits per heavy atom. The number of carboxylic acids is 1. The van der Waals surface area contributed by atoms with Crippen LogP contribution in [0, 0.1) is 29.1 Å². The number of nitrogens with one attached hydrogen (secondary N) is 3. The first-order valence-electron chi connectivity index (χ1n) is 14.9. The minimum absolute atomic E-state index is 0.0441. The number of carbonyl (C=O) groups excluding carboxylic acids is 3. The van der Waals surface area contributed by atoms with Gasteiger partial charge in [0.25, 0.3) is 5.91 Å². The lowest BCUT2D eigenvalue weighted by Crippen LogP contribution is -2.43. The molecular formula is C34H27F5N4O7S. The van der Waals surface area contributed by atoms with E-state index in [0.717, 1.165) is 0 Å². The van der Waals surface area contributed by atoms with Crippen LogP contribution in [0.2, 0.25) is 0 Å². The van der Waals surface area contributed by atoms with Crippen LogP contribution in [0.1, 0.15) is 49.7 Å². The van der Waals surface area contributed by atoms with E-state index in [-0.39, 0.29) is 28.4 Å². The fourth-order valence-corrected chi connectivity index (χ4v) is 5.90. The van der Waals surface area contributed by atoms with Gasteiger partial charge in [0.15, 0.2) is 23.3 Å². The summed E-state index contributed by atoms with van der Waals surface area (Å²) in [6, 6.07) is 11.4. The van der Waals surface area contributed by atoms with Crippen LogP contribution in [0.4, 0.5) is 33.3 Å². The summed E-state index contributed by atoms with van der Waals surface area (Å²) in [5, 5.41) is 27.6. The smallest absolute Gasteiger partial charge is 0.339 e. The number of benzene rings is 4. The van der Waals surface area contributed by atoms with Gasteiger partial charge in [-0.3, -0.25) is 14.4 Å². The van der Waals surface area contributed by atoms with E-state index in [1.54, 1.807) is 0 Å². The zero-order valence-electron chi connectivity index (χ0n) is 26.3. The molecule has 11 nitrogen and oxygen atoms in total. The number of anilines is 2. The molecule has 0 aromatic heterocycles. The Hall–Kier alpha value is -5.68. The second-order valence-corrected chi connectivity index (χ2v) is 12.1. The van der Waals surface area contributed by atoms with Gasteiger partial charge in [-0.2, -0.15) is 11.8 Å². The van der Waals surface area contributed by atoms with Gasteiger partial charge in [-0.15, -0.1) is 0 Å². The van der Waals surface area contributed by atoms with Crippen LogP contribution in [0.3, 0.4) is 0 Å². The van der Waals surface area contributed by atoms with Gasteiger partial charge in [0.2, 0.25) is 17.6 Å². The number of hydrogen-bond donors (Lipinski definition) is 6. The molecule has 2 unspecified atom stereocenters. The summed E-state index contributed by atoms with van der Waals surface area (Å²) in [5.41, 5.74) is 4.42. The van der Waals surface area contributed by atoms with E-state index in [0.29, 0.717) is 23.3 Å². The maximum atomic E-state index is 14.3.